The van der Waals surface area contributed by atoms with Crippen molar-refractivity contribution in [3.63, 3.8) is 0 Å². The van der Waals surface area contributed by atoms with Crippen molar-refractivity contribution in [2.45, 2.75) is 71.1 Å². The molecule has 0 fully saturated rings. The van der Waals surface area contributed by atoms with Gasteiger partial charge in [-0.05, 0) is 6.42 Å². The highest BCUT2D eigenvalue weighted by atomic mass is 16.4. The number of unbranched alkanes of at least 4 members (excludes halogenated alkanes) is 2. The van der Waals surface area contributed by atoms with E-state index in [0.717, 1.165) is 32.2 Å². The highest BCUT2D eigenvalue weighted by Gasteiger charge is 2.26. The van der Waals surface area contributed by atoms with Crippen molar-refractivity contribution in [3.8, 4) is 0 Å². The summed E-state index contributed by atoms with van der Waals surface area (Å²) in [6.45, 7) is 4.82. The molecule has 0 saturated heterocycles. The monoisotopic (exact) mass is 386 g/mol. The molecule has 0 aromatic carbocycles. The molecule has 0 aliphatic rings. The van der Waals surface area contributed by atoms with Crippen molar-refractivity contribution in [1.29, 1.82) is 0 Å². The first-order chi connectivity index (χ1) is 12.8. The molecule has 0 aliphatic heterocycles. The van der Waals surface area contributed by atoms with Crippen molar-refractivity contribution in [1.82, 2.24) is 0 Å². The standard InChI is InChI=1S/C20H35NO6/c1-2-3-4-5-6-7-14-21(15-8-11-18(22)23,16-9-12-19(24)25)17-10-13-20(26)27/h5-6H,2-4,7-17H2,1H3,(H2-,22,23,24,25,26,27)/p+1/b6-5+. The van der Waals surface area contributed by atoms with E-state index in [-0.39, 0.29) is 19.3 Å². The number of aliphatic carboxylic acids is 3. The normalized spacial score (nSPS) is 11.7. The van der Waals surface area contributed by atoms with Crippen LogP contribution in [0.2, 0.25) is 0 Å². The lowest BCUT2D eigenvalue weighted by atomic mass is 10.1. The lowest BCUT2D eigenvalue weighted by Gasteiger charge is -2.39. The topological polar surface area (TPSA) is 112 Å². The number of carboxylic acids is 3. The Morgan fingerprint density at radius 3 is 1.44 bits per heavy atom. The van der Waals surface area contributed by atoms with Crippen molar-refractivity contribution in [2.75, 3.05) is 26.2 Å². The van der Waals surface area contributed by atoms with Crippen LogP contribution < -0.4 is 0 Å². The van der Waals surface area contributed by atoms with Gasteiger partial charge in [-0.2, -0.15) is 0 Å². The quantitative estimate of drug-likeness (QED) is 0.189. The molecule has 27 heavy (non-hydrogen) atoms. The molecule has 7 heteroatoms. The predicted octanol–water partition coefficient (Wildman–Crippen LogP) is 3.53. The summed E-state index contributed by atoms with van der Waals surface area (Å²) in [6.07, 6.45) is 10.2. The molecule has 0 saturated carbocycles. The van der Waals surface area contributed by atoms with Gasteiger partial charge in [0.25, 0.3) is 0 Å². The number of quaternary nitrogens is 1. The number of nitrogens with zero attached hydrogens (tertiary/aromatic N) is 1. The maximum atomic E-state index is 10.9. The fourth-order valence-corrected chi connectivity index (χ4v) is 3.27. The summed E-state index contributed by atoms with van der Waals surface area (Å²) in [5.74, 6) is -2.53. The summed E-state index contributed by atoms with van der Waals surface area (Å²) in [5, 5.41) is 26.8. The molecule has 156 valence electrons. The third-order valence-electron chi connectivity index (χ3n) is 4.73. The van der Waals surface area contributed by atoms with Crippen LogP contribution in [0.15, 0.2) is 12.2 Å². The van der Waals surface area contributed by atoms with Gasteiger partial charge in [-0.25, -0.2) is 0 Å². The van der Waals surface area contributed by atoms with E-state index in [1.165, 1.54) is 0 Å². The lowest BCUT2D eigenvalue weighted by Crippen LogP contribution is -2.51. The Labute approximate surface area is 162 Å². The smallest absolute Gasteiger partial charge is 0.303 e. The van der Waals surface area contributed by atoms with Gasteiger partial charge in [0.15, 0.2) is 0 Å². The number of hydrogen-bond donors (Lipinski definition) is 3. The molecule has 0 radical (unpaired) electrons. The number of hydrogen-bond acceptors (Lipinski definition) is 3. The van der Waals surface area contributed by atoms with Crippen LogP contribution in [0.1, 0.15) is 71.1 Å². The minimum absolute atomic E-state index is 0.0736. The van der Waals surface area contributed by atoms with Crippen LogP contribution in [0.5, 0.6) is 0 Å². The summed E-state index contributed by atoms with van der Waals surface area (Å²) in [4.78, 5) is 32.6. The van der Waals surface area contributed by atoms with E-state index >= 15 is 0 Å². The van der Waals surface area contributed by atoms with Gasteiger partial charge >= 0.3 is 17.9 Å². The summed E-state index contributed by atoms with van der Waals surface area (Å²) < 4.78 is 0.589. The largest absolute Gasteiger partial charge is 0.481 e. The second-order valence-corrected chi connectivity index (χ2v) is 7.13. The van der Waals surface area contributed by atoms with Crippen LogP contribution in [0, 0.1) is 0 Å². The molecular formula is C20H36NO6+. The highest BCUT2D eigenvalue weighted by Crippen LogP contribution is 2.17. The molecule has 0 atom stereocenters. The molecule has 0 bridgehead atoms. The molecule has 0 heterocycles. The third-order valence-corrected chi connectivity index (χ3v) is 4.73. The van der Waals surface area contributed by atoms with E-state index < -0.39 is 17.9 Å². The number of carbonyl (C=O) groups is 3. The first kappa shape index (κ1) is 25.1. The summed E-state index contributed by atoms with van der Waals surface area (Å²) >= 11 is 0. The second-order valence-electron chi connectivity index (χ2n) is 7.13. The molecular weight excluding hydrogens is 350 g/mol. The van der Waals surface area contributed by atoms with Crippen LogP contribution in [-0.4, -0.2) is 63.9 Å². The zero-order chi connectivity index (χ0) is 20.5. The molecule has 0 aliphatic carbocycles. The van der Waals surface area contributed by atoms with E-state index in [4.69, 9.17) is 15.3 Å². The number of allylic oxidation sites excluding steroid dienone is 1. The Balaban J connectivity index is 4.95. The van der Waals surface area contributed by atoms with Crippen molar-refractivity contribution in [2.24, 2.45) is 0 Å². The van der Waals surface area contributed by atoms with Gasteiger partial charge in [-0.15, -0.1) is 0 Å². The average Bonchev–Trinajstić information content (AvgIpc) is 2.57. The van der Waals surface area contributed by atoms with Gasteiger partial charge in [0, 0.05) is 25.7 Å². The highest BCUT2D eigenvalue weighted by molar-refractivity contribution is 5.67. The average molecular weight is 387 g/mol. The minimum atomic E-state index is -0.844. The van der Waals surface area contributed by atoms with Crippen LogP contribution in [-0.2, 0) is 14.4 Å². The van der Waals surface area contributed by atoms with Gasteiger partial charge in [0.05, 0.1) is 45.4 Å². The van der Waals surface area contributed by atoms with E-state index in [1.807, 2.05) is 0 Å². The fraction of sp³-hybridized carbons (Fsp3) is 0.750. The van der Waals surface area contributed by atoms with Crippen LogP contribution in [0.3, 0.4) is 0 Å². The van der Waals surface area contributed by atoms with Gasteiger partial charge in [-0.3, -0.25) is 14.4 Å². The number of rotatable bonds is 18. The second kappa shape index (κ2) is 15.2. The summed E-state index contributed by atoms with van der Waals surface area (Å²) in [7, 11) is 0. The fourth-order valence-electron chi connectivity index (χ4n) is 3.27. The molecule has 0 unspecified atom stereocenters. The molecule has 0 aromatic rings. The van der Waals surface area contributed by atoms with Crippen molar-refractivity contribution < 1.29 is 34.2 Å². The number of carboxylic acid groups (broad SMARTS) is 3. The van der Waals surface area contributed by atoms with Crippen molar-refractivity contribution in [3.05, 3.63) is 12.2 Å². The first-order valence-corrected chi connectivity index (χ1v) is 9.97. The van der Waals surface area contributed by atoms with E-state index in [1.54, 1.807) is 0 Å². The maximum absolute atomic E-state index is 10.9. The van der Waals surface area contributed by atoms with Crippen LogP contribution in [0.4, 0.5) is 0 Å². The zero-order valence-electron chi connectivity index (χ0n) is 16.6. The van der Waals surface area contributed by atoms with Gasteiger partial charge < -0.3 is 19.8 Å². The third kappa shape index (κ3) is 14.9. The Morgan fingerprint density at radius 1 is 0.667 bits per heavy atom. The van der Waals surface area contributed by atoms with Gasteiger partial charge in [0.1, 0.15) is 0 Å². The Bertz CT molecular complexity index is 425. The predicted molar refractivity (Wildman–Crippen MR) is 104 cm³/mol. The Morgan fingerprint density at radius 2 is 1.07 bits per heavy atom. The maximum Gasteiger partial charge on any atom is 0.303 e. The molecule has 0 amide bonds. The summed E-state index contributed by atoms with van der Waals surface area (Å²) in [5.41, 5.74) is 0. The molecule has 0 aromatic heterocycles. The SMILES string of the molecule is CCCC/C=C/CC[N+](CCCC(=O)O)(CCCC(=O)O)CCCC(=O)O. The van der Waals surface area contributed by atoms with Gasteiger partial charge in [-0.1, -0.05) is 31.9 Å². The minimum Gasteiger partial charge on any atom is -0.481 e. The lowest BCUT2D eigenvalue weighted by molar-refractivity contribution is -0.928. The Hall–Kier alpha value is -1.89. The molecule has 0 rings (SSSR count). The zero-order valence-corrected chi connectivity index (χ0v) is 16.6. The van der Waals surface area contributed by atoms with E-state index in [0.29, 0.717) is 43.4 Å². The van der Waals surface area contributed by atoms with Gasteiger partial charge in [0.2, 0.25) is 0 Å². The van der Waals surface area contributed by atoms with Crippen LogP contribution in [0.25, 0.3) is 0 Å². The van der Waals surface area contributed by atoms with E-state index in [2.05, 4.69) is 19.1 Å². The summed E-state index contributed by atoms with van der Waals surface area (Å²) in [6, 6.07) is 0. The molecule has 0 spiro atoms. The van der Waals surface area contributed by atoms with E-state index in [9.17, 15) is 14.4 Å². The van der Waals surface area contributed by atoms with Crippen molar-refractivity contribution >= 4 is 17.9 Å². The first-order valence-electron chi connectivity index (χ1n) is 9.97. The Kier molecular flexibility index (Phi) is 14.1. The molecule has 7 nitrogen and oxygen atoms in total. The van der Waals surface area contributed by atoms with Crippen LogP contribution >= 0.6 is 0 Å². The molecule has 3 N–H and O–H groups in total.